The lowest BCUT2D eigenvalue weighted by atomic mass is 9.94. The molecule has 0 spiro atoms. The molecule has 1 N–H and O–H groups in total. The second-order valence-electron chi connectivity index (χ2n) is 4.58. The fourth-order valence-corrected chi connectivity index (χ4v) is 2.01. The van der Waals surface area contributed by atoms with E-state index in [1.165, 1.54) is 15.9 Å². The van der Waals surface area contributed by atoms with Crippen LogP contribution in [-0.4, -0.2) is 31.9 Å². The summed E-state index contributed by atoms with van der Waals surface area (Å²) >= 11 is 0. The molecule has 96 valence electrons. The third-order valence-corrected chi connectivity index (χ3v) is 3.05. The van der Waals surface area contributed by atoms with Crippen molar-refractivity contribution in [1.29, 1.82) is 0 Å². The van der Waals surface area contributed by atoms with Crippen LogP contribution in [0.25, 0.3) is 0 Å². The van der Waals surface area contributed by atoms with Gasteiger partial charge in [0, 0.05) is 13.0 Å². The van der Waals surface area contributed by atoms with E-state index in [1.54, 1.807) is 7.05 Å². The van der Waals surface area contributed by atoms with Crippen LogP contribution in [0, 0.1) is 12.8 Å². The maximum atomic E-state index is 9.46. The summed E-state index contributed by atoms with van der Waals surface area (Å²) in [6.07, 6.45) is 1.49. The van der Waals surface area contributed by atoms with Gasteiger partial charge < -0.3 is 5.11 Å². The molecular formula is C13H18N4O. The van der Waals surface area contributed by atoms with Crippen LogP contribution in [0.1, 0.15) is 17.0 Å². The Morgan fingerprint density at radius 1 is 1.28 bits per heavy atom. The Balaban J connectivity index is 2.04. The van der Waals surface area contributed by atoms with Crippen molar-refractivity contribution >= 4 is 0 Å². The third kappa shape index (κ3) is 3.13. The molecule has 2 aromatic rings. The Hall–Kier alpha value is -1.75. The molecule has 5 heteroatoms. The molecule has 0 saturated carbocycles. The van der Waals surface area contributed by atoms with E-state index < -0.39 is 0 Å². The van der Waals surface area contributed by atoms with Gasteiger partial charge in [-0.15, -0.1) is 10.2 Å². The van der Waals surface area contributed by atoms with Crippen molar-refractivity contribution in [2.75, 3.05) is 6.61 Å². The van der Waals surface area contributed by atoms with E-state index in [2.05, 4.69) is 34.5 Å². The zero-order chi connectivity index (χ0) is 13.0. The van der Waals surface area contributed by atoms with Crippen LogP contribution in [-0.2, 0) is 19.9 Å². The zero-order valence-corrected chi connectivity index (χ0v) is 10.7. The van der Waals surface area contributed by atoms with E-state index in [1.807, 2.05) is 12.1 Å². The number of nitrogens with zero attached hydrogens (tertiary/aromatic N) is 4. The van der Waals surface area contributed by atoms with Crippen molar-refractivity contribution in [3.8, 4) is 0 Å². The van der Waals surface area contributed by atoms with E-state index in [4.69, 9.17) is 0 Å². The molecule has 0 saturated heterocycles. The van der Waals surface area contributed by atoms with Crippen LogP contribution in [0.3, 0.4) is 0 Å². The van der Waals surface area contributed by atoms with Gasteiger partial charge in [0.05, 0.1) is 7.05 Å². The summed E-state index contributed by atoms with van der Waals surface area (Å²) in [6.45, 7) is 2.22. The maximum absolute atomic E-state index is 9.46. The van der Waals surface area contributed by atoms with Gasteiger partial charge in [-0.2, -0.15) is 4.80 Å². The molecular weight excluding hydrogens is 228 g/mol. The van der Waals surface area contributed by atoms with Crippen molar-refractivity contribution in [3.63, 3.8) is 0 Å². The number of tetrazole rings is 1. The zero-order valence-electron chi connectivity index (χ0n) is 10.7. The van der Waals surface area contributed by atoms with Crippen molar-refractivity contribution in [1.82, 2.24) is 20.2 Å². The summed E-state index contributed by atoms with van der Waals surface area (Å²) in [5.41, 5.74) is 2.52. The molecule has 0 radical (unpaired) electrons. The van der Waals surface area contributed by atoms with Crippen LogP contribution in [0.15, 0.2) is 24.3 Å². The van der Waals surface area contributed by atoms with E-state index >= 15 is 0 Å². The van der Waals surface area contributed by atoms with E-state index in [0.717, 1.165) is 6.42 Å². The highest BCUT2D eigenvalue weighted by molar-refractivity contribution is 5.26. The summed E-state index contributed by atoms with van der Waals surface area (Å²) in [7, 11) is 1.74. The molecule has 1 aromatic carbocycles. The number of hydrogen-bond donors (Lipinski definition) is 1. The SMILES string of the molecule is Cc1ccccc1CC(CO)Cc1nnn(C)n1. The van der Waals surface area contributed by atoms with Gasteiger partial charge in [0.25, 0.3) is 0 Å². The second kappa shape index (κ2) is 5.73. The third-order valence-electron chi connectivity index (χ3n) is 3.05. The minimum absolute atomic E-state index is 0.132. The van der Waals surface area contributed by atoms with Crippen LogP contribution in [0.4, 0.5) is 0 Å². The lowest BCUT2D eigenvalue weighted by Crippen LogP contribution is -2.14. The minimum Gasteiger partial charge on any atom is -0.396 e. The number of aryl methyl sites for hydroxylation is 2. The number of rotatable bonds is 5. The Morgan fingerprint density at radius 3 is 2.67 bits per heavy atom. The molecule has 0 amide bonds. The number of benzene rings is 1. The summed E-state index contributed by atoms with van der Waals surface area (Å²) in [4.78, 5) is 1.44. The van der Waals surface area contributed by atoms with Gasteiger partial charge >= 0.3 is 0 Å². The number of aromatic nitrogens is 4. The van der Waals surface area contributed by atoms with Gasteiger partial charge in [-0.25, -0.2) is 0 Å². The highest BCUT2D eigenvalue weighted by Crippen LogP contribution is 2.15. The molecule has 1 heterocycles. The monoisotopic (exact) mass is 246 g/mol. The number of aliphatic hydroxyl groups is 1. The first-order valence-corrected chi connectivity index (χ1v) is 6.07. The molecule has 18 heavy (non-hydrogen) atoms. The molecule has 1 atom stereocenters. The Labute approximate surface area is 106 Å². The molecule has 0 aliphatic carbocycles. The second-order valence-corrected chi connectivity index (χ2v) is 4.58. The van der Waals surface area contributed by atoms with Gasteiger partial charge in [-0.3, -0.25) is 0 Å². The smallest absolute Gasteiger partial charge is 0.175 e. The average molecular weight is 246 g/mol. The van der Waals surface area contributed by atoms with Crippen molar-refractivity contribution in [2.45, 2.75) is 19.8 Å². The Bertz CT molecular complexity index is 509. The minimum atomic E-state index is 0.132. The first kappa shape index (κ1) is 12.7. The summed E-state index contributed by atoms with van der Waals surface area (Å²) < 4.78 is 0. The lowest BCUT2D eigenvalue weighted by molar-refractivity contribution is 0.223. The molecule has 5 nitrogen and oxygen atoms in total. The molecule has 1 aromatic heterocycles. The van der Waals surface area contributed by atoms with E-state index in [9.17, 15) is 5.11 Å². The quantitative estimate of drug-likeness (QED) is 0.851. The van der Waals surface area contributed by atoms with Gasteiger partial charge in [-0.1, -0.05) is 24.3 Å². The molecule has 0 bridgehead atoms. The topological polar surface area (TPSA) is 63.8 Å². The first-order chi connectivity index (χ1) is 8.69. The molecule has 2 rings (SSSR count). The summed E-state index contributed by atoms with van der Waals surface area (Å²) in [5.74, 6) is 0.820. The maximum Gasteiger partial charge on any atom is 0.175 e. The molecule has 1 unspecified atom stereocenters. The van der Waals surface area contributed by atoms with Gasteiger partial charge in [0.15, 0.2) is 5.82 Å². The highest BCUT2D eigenvalue weighted by Gasteiger charge is 2.13. The predicted molar refractivity (Wildman–Crippen MR) is 68.0 cm³/mol. The van der Waals surface area contributed by atoms with Gasteiger partial charge in [0.2, 0.25) is 0 Å². The molecule has 0 aliphatic heterocycles. The number of hydrogen-bond acceptors (Lipinski definition) is 4. The highest BCUT2D eigenvalue weighted by atomic mass is 16.3. The van der Waals surface area contributed by atoms with Gasteiger partial charge in [-0.05, 0) is 35.6 Å². The van der Waals surface area contributed by atoms with Crippen molar-refractivity contribution in [2.24, 2.45) is 13.0 Å². The Morgan fingerprint density at radius 2 is 2.06 bits per heavy atom. The predicted octanol–water partition coefficient (Wildman–Crippen LogP) is 0.912. The van der Waals surface area contributed by atoms with E-state index in [-0.39, 0.29) is 12.5 Å². The fourth-order valence-electron chi connectivity index (χ4n) is 2.01. The van der Waals surface area contributed by atoms with Crippen LogP contribution >= 0.6 is 0 Å². The summed E-state index contributed by atoms with van der Waals surface area (Å²) in [5, 5.41) is 21.4. The van der Waals surface area contributed by atoms with Crippen LogP contribution in [0.5, 0.6) is 0 Å². The van der Waals surface area contributed by atoms with Crippen LogP contribution < -0.4 is 0 Å². The Kier molecular flexibility index (Phi) is 4.04. The number of aliphatic hydroxyl groups excluding tert-OH is 1. The van der Waals surface area contributed by atoms with Crippen LogP contribution in [0.2, 0.25) is 0 Å². The normalized spacial score (nSPS) is 12.6. The van der Waals surface area contributed by atoms with Gasteiger partial charge in [0.1, 0.15) is 0 Å². The fraction of sp³-hybridized carbons (Fsp3) is 0.462. The van der Waals surface area contributed by atoms with E-state index in [0.29, 0.717) is 12.2 Å². The largest absolute Gasteiger partial charge is 0.396 e. The summed E-state index contributed by atoms with van der Waals surface area (Å²) in [6, 6.07) is 8.24. The lowest BCUT2D eigenvalue weighted by Gasteiger charge is -2.13. The molecule has 0 fully saturated rings. The van der Waals surface area contributed by atoms with Crippen molar-refractivity contribution < 1.29 is 5.11 Å². The molecule has 0 aliphatic rings. The first-order valence-electron chi connectivity index (χ1n) is 6.07. The average Bonchev–Trinajstić information content (AvgIpc) is 2.76. The standard InChI is InChI=1S/C13H18N4O/c1-10-5-3-4-6-12(10)7-11(9-18)8-13-14-16-17(2)15-13/h3-6,11,18H,7-9H2,1-2H3. The van der Waals surface area contributed by atoms with Crippen molar-refractivity contribution in [3.05, 3.63) is 41.2 Å².